The van der Waals surface area contributed by atoms with Crippen molar-refractivity contribution < 1.29 is 9.18 Å². The molecule has 6 heteroatoms. The number of rotatable bonds is 5. The minimum Gasteiger partial charge on any atom is -0.340 e. The van der Waals surface area contributed by atoms with E-state index < -0.39 is 0 Å². The molecule has 4 nitrogen and oxygen atoms in total. The summed E-state index contributed by atoms with van der Waals surface area (Å²) in [5, 5.41) is 5.21. The van der Waals surface area contributed by atoms with Gasteiger partial charge in [0.1, 0.15) is 5.82 Å². The van der Waals surface area contributed by atoms with Crippen LogP contribution in [0.4, 0.5) is 4.39 Å². The summed E-state index contributed by atoms with van der Waals surface area (Å²) in [6.45, 7) is 2.78. The molecule has 1 amide bonds. The summed E-state index contributed by atoms with van der Waals surface area (Å²) in [7, 11) is 0. The Hall–Kier alpha value is -3.25. The van der Waals surface area contributed by atoms with Crippen LogP contribution in [0.5, 0.6) is 0 Å². The number of nitrogens with zero attached hydrogens (tertiary/aromatic N) is 2. The van der Waals surface area contributed by atoms with E-state index in [2.05, 4.69) is 49.2 Å². The van der Waals surface area contributed by atoms with Gasteiger partial charge in [-0.25, -0.2) is 9.82 Å². The highest BCUT2D eigenvalue weighted by molar-refractivity contribution is 9.10. The molecule has 150 valence electrons. The van der Waals surface area contributed by atoms with Gasteiger partial charge in [0.25, 0.3) is 5.91 Å². The average molecular weight is 464 g/mol. The Morgan fingerprint density at radius 1 is 1.07 bits per heavy atom. The van der Waals surface area contributed by atoms with Crippen LogP contribution >= 0.6 is 15.9 Å². The van der Waals surface area contributed by atoms with Crippen molar-refractivity contribution in [2.24, 2.45) is 5.10 Å². The molecule has 0 atom stereocenters. The van der Waals surface area contributed by atoms with Crippen molar-refractivity contribution in [2.75, 3.05) is 0 Å². The first-order chi connectivity index (χ1) is 14.5. The predicted octanol–water partition coefficient (Wildman–Crippen LogP) is 5.66. The third-order valence-corrected chi connectivity index (χ3v) is 5.53. The maximum Gasteiger partial charge on any atom is 0.271 e. The van der Waals surface area contributed by atoms with Gasteiger partial charge in [0.15, 0.2) is 0 Å². The van der Waals surface area contributed by atoms with Gasteiger partial charge in [0, 0.05) is 38.7 Å². The van der Waals surface area contributed by atoms with Crippen molar-refractivity contribution >= 4 is 39.0 Å². The van der Waals surface area contributed by atoms with Gasteiger partial charge in [0.2, 0.25) is 0 Å². The number of halogens is 2. The number of fused-ring (bicyclic) bond motifs is 1. The van der Waals surface area contributed by atoms with Gasteiger partial charge in [-0.1, -0.05) is 46.3 Å². The van der Waals surface area contributed by atoms with Crippen LogP contribution in [0.15, 0.2) is 82.4 Å². The van der Waals surface area contributed by atoms with E-state index in [9.17, 15) is 9.18 Å². The molecule has 30 heavy (non-hydrogen) atoms. The van der Waals surface area contributed by atoms with Crippen LogP contribution in [0.3, 0.4) is 0 Å². The first-order valence-corrected chi connectivity index (χ1v) is 10.2. The van der Waals surface area contributed by atoms with Gasteiger partial charge in [0.05, 0.1) is 6.21 Å². The fourth-order valence-corrected chi connectivity index (χ4v) is 3.68. The second-order valence-electron chi connectivity index (χ2n) is 6.93. The minimum atomic E-state index is -0.387. The van der Waals surface area contributed by atoms with E-state index in [0.29, 0.717) is 5.56 Å². The second-order valence-corrected chi connectivity index (χ2v) is 7.85. The second kappa shape index (κ2) is 8.63. The molecule has 0 fully saturated rings. The normalized spacial score (nSPS) is 11.3. The van der Waals surface area contributed by atoms with Gasteiger partial charge in [-0.05, 0) is 55.0 Å². The number of para-hydroxylation sites is 1. The molecule has 3 aromatic carbocycles. The fourth-order valence-electron chi connectivity index (χ4n) is 3.42. The smallest absolute Gasteiger partial charge is 0.271 e. The number of nitrogens with one attached hydrogen (secondary N) is 1. The molecule has 4 rings (SSSR count). The van der Waals surface area contributed by atoms with E-state index in [1.165, 1.54) is 29.8 Å². The maximum absolute atomic E-state index is 13.0. The van der Waals surface area contributed by atoms with Crippen molar-refractivity contribution in [1.82, 2.24) is 9.99 Å². The van der Waals surface area contributed by atoms with Crippen LogP contribution in [0.2, 0.25) is 0 Å². The first kappa shape index (κ1) is 20.0. The van der Waals surface area contributed by atoms with Crippen LogP contribution in [-0.2, 0) is 6.54 Å². The van der Waals surface area contributed by atoms with Gasteiger partial charge >= 0.3 is 0 Å². The Bertz CT molecular complexity index is 1230. The molecule has 1 heterocycles. The Labute approximate surface area is 182 Å². The molecule has 0 aliphatic heterocycles. The molecule has 0 bridgehead atoms. The van der Waals surface area contributed by atoms with Crippen LogP contribution < -0.4 is 5.43 Å². The third-order valence-electron chi connectivity index (χ3n) is 5.00. The Morgan fingerprint density at radius 3 is 2.50 bits per heavy atom. The van der Waals surface area contributed by atoms with Crippen LogP contribution in [-0.4, -0.2) is 16.7 Å². The lowest BCUT2D eigenvalue weighted by molar-refractivity contribution is 0.0955. The lowest BCUT2D eigenvalue weighted by Gasteiger charge is -2.09. The standard InChI is InChI=1S/C24H19BrFN3O/c1-16-22(14-27-28-24(30)18-8-12-20(26)13-9-18)21-4-2-3-5-23(21)29(16)15-17-6-10-19(25)11-7-17/h2-14H,15H2,1H3,(H,28,30)/b27-14-. The molecule has 0 aliphatic rings. The topological polar surface area (TPSA) is 46.4 Å². The summed E-state index contributed by atoms with van der Waals surface area (Å²) in [5.41, 5.74) is 7.16. The van der Waals surface area contributed by atoms with E-state index >= 15 is 0 Å². The summed E-state index contributed by atoms with van der Waals surface area (Å²) in [6, 6.07) is 21.7. The zero-order valence-corrected chi connectivity index (χ0v) is 17.9. The Balaban J connectivity index is 1.61. The Kier molecular flexibility index (Phi) is 5.77. The first-order valence-electron chi connectivity index (χ1n) is 9.44. The highest BCUT2D eigenvalue weighted by Crippen LogP contribution is 2.26. The number of hydrogen-bond acceptors (Lipinski definition) is 2. The summed E-state index contributed by atoms with van der Waals surface area (Å²) >= 11 is 3.47. The monoisotopic (exact) mass is 463 g/mol. The SMILES string of the molecule is Cc1c(/C=N\NC(=O)c2ccc(F)cc2)c2ccccc2n1Cc1ccc(Br)cc1. The highest BCUT2D eigenvalue weighted by atomic mass is 79.9. The lowest BCUT2D eigenvalue weighted by Crippen LogP contribution is -2.17. The van der Waals surface area contributed by atoms with Crippen molar-refractivity contribution in [2.45, 2.75) is 13.5 Å². The lowest BCUT2D eigenvalue weighted by atomic mass is 10.1. The molecule has 0 aliphatic carbocycles. The van der Waals surface area contributed by atoms with Gasteiger partial charge in [-0.15, -0.1) is 0 Å². The molecule has 0 spiro atoms. The Morgan fingerprint density at radius 2 is 1.77 bits per heavy atom. The quantitative estimate of drug-likeness (QED) is 0.301. The number of carbonyl (C=O) groups is 1. The highest BCUT2D eigenvalue weighted by Gasteiger charge is 2.13. The number of hydrogen-bond donors (Lipinski definition) is 1. The summed E-state index contributed by atoms with van der Waals surface area (Å²) in [5.74, 6) is -0.772. The molecule has 1 N–H and O–H groups in total. The van der Waals surface area contributed by atoms with Gasteiger partial charge in [-0.3, -0.25) is 4.79 Å². The number of hydrazone groups is 1. The summed E-state index contributed by atoms with van der Waals surface area (Å²) < 4.78 is 16.3. The van der Waals surface area contributed by atoms with Crippen LogP contribution in [0.25, 0.3) is 10.9 Å². The molecule has 0 unspecified atom stereocenters. The minimum absolute atomic E-state index is 0.350. The number of carbonyl (C=O) groups excluding carboxylic acids is 1. The van der Waals surface area contributed by atoms with E-state index in [1.54, 1.807) is 6.21 Å². The zero-order chi connectivity index (χ0) is 21.1. The summed E-state index contributed by atoms with van der Waals surface area (Å²) in [6.07, 6.45) is 1.66. The molecule has 0 saturated heterocycles. The molecule has 0 radical (unpaired) electrons. The zero-order valence-electron chi connectivity index (χ0n) is 16.3. The molecular formula is C24H19BrFN3O. The van der Waals surface area contributed by atoms with E-state index in [-0.39, 0.29) is 11.7 Å². The van der Waals surface area contributed by atoms with Crippen LogP contribution in [0.1, 0.15) is 27.2 Å². The van der Waals surface area contributed by atoms with Crippen molar-refractivity contribution in [3.63, 3.8) is 0 Å². The molecule has 0 saturated carbocycles. The predicted molar refractivity (Wildman–Crippen MR) is 121 cm³/mol. The summed E-state index contributed by atoms with van der Waals surface area (Å²) in [4.78, 5) is 12.2. The van der Waals surface area contributed by atoms with Gasteiger partial charge in [-0.2, -0.15) is 5.10 Å². The van der Waals surface area contributed by atoms with Crippen molar-refractivity contribution in [3.05, 3.63) is 105 Å². The molecular weight excluding hydrogens is 445 g/mol. The van der Waals surface area contributed by atoms with Crippen molar-refractivity contribution in [1.29, 1.82) is 0 Å². The number of benzene rings is 3. The van der Waals surface area contributed by atoms with Crippen LogP contribution in [0, 0.1) is 12.7 Å². The van der Waals surface area contributed by atoms with Gasteiger partial charge < -0.3 is 4.57 Å². The molecule has 4 aromatic rings. The van der Waals surface area contributed by atoms with E-state index in [1.807, 2.05) is 37.3 Å². The third kappa shape index (κ3) is 4.19. The van der Waals surface area contributed by atoms with E-state index in [4.69, 9.17) is 0 Å². The van der Waals surface area contributed by atoms with Crippen molar-refractivity contribution in [3.8, 4) is 0 Å². The average Bonchev–Trinajstić information content (AvgIpc) is 3.01. The fraction of sp³-hybridized carbons (Fsp3) is 0.0833. The largest absolute Gasteiger partial charge is 0.340 e. The van der Waals surface area contributed by atoms with E-state index in [0.717, 1.165) is 33.2 Å². The number of amides is 1. The molecule has 1 aromatic heterocycles. The maximum atomic E-state index is 13.0. The number of aromatic nitrogens is 1.